The number of hydrogen-bond acceptors (Lipinski definition) is 3. The van der Waals surface area contributed by atoms with E-state index < -0.39 is 0 Å². The Balaban J connectivity index is 1.47. The summed E-state index contributed by atoms with van der Waals surface area (Å²) in [6.07, 6.45) is 4.56. The molecule has 1 heterocycles. The largest absolute Gasteiger partial charge is 0.372 e. The highest BCUT2D eigenvalue weighted by Crippen LogP contribution is 2.21. The van der Waals surface area contributed by atoms with Crippen LogP contribution in [-0.2, 0) is 17.8 Å². The van der Waals surface area contributed by atoms with Crippen molar-refractivity contribution < 1.29 is 9.53 Å². The maximum Gasteiger partial charge on any atom is 0.271 e. The molecule has 1 unspecified atom stereocenters. The predicted octanol–water partition coefficient (Wildman–Crippen LogP) is 4.90. The zero-order valence-electron chi connectivity index (χ0n) is 17.6. The monoisotopic (exact) mass is 413 g/mol. The van der Waals surface area contributed by atoms with Crippen molar-refractivity contribution in [3.05, 3.63) is 102 Å². The second-order valence-corrected chi connectivity index (χ2v) is 7.71. The van der Waals surface area contributed by atoms with Crippen LogP contribution in [-0.4, -0.2) is 28.0 Å². The molecule has 1 aromatic heterocycles. The summed E-state index contributed by atoms with van der Waals surface area (Å²) < 4.78 is 6.14. The van der Waals surface area contributed by atoms with E-state index in [-0.39, 0.29) is 18.1 Å². The molecule has 0 bridgehead atoms. The molecular formula is C26H27N3O2. The number of amides is 1. The lowest BCUT2D eigenvalue weighted by molar-refractivity contribution is 0.0242. The highest BCUT2D eigenvalue weighted by Gasteiger charge is 2.22. The van der Waals surface area contributed by atoms with Gasteiger partial charge in [-0.15, -0.1) is 0 Å². The van der Waals surface area contributed by atoms with Gasteiger partial charge in [0.05, 0.1) is 25.1 Å². The van der Waals surface area contributed by atoms with E-state index in [9.17, 15) is 4.79 Å². The van der Waals surface area contributed by atoms with Crippen LogP contribution in [0.15, 0.2) is 85.3 Å². The first-order valence-electron chi connectivity index (χ1n) is 10.6. The molecule has 0 saturated heterocycles. The van der Waals surface area contributed by atoms with Crippen molar-refractivity contribution in [2.24, 2.45) is 0 Å². The molecule has 2 N–H and O–H groups in total. The summed E-state index contributed by atoms with van der Waals surface area (Å²) in [5, 5.41) is 5.60. The van der Waals surface area contributed by atoms with Gasteiger partial charge in [0.1, 0.15) is 5.69 Å². The Morgan fingerprint density at radius 2 is 1.81 bits per heavy atom. The molecule has 0 aliphatic rings. The lowest BCUT2D eigenvalue weighted by atomic mass is 9.97. The Morgan fingerprint density at radius 3 is 2.61 bits per heavy atom. The van der Waals surface area contributed by atoms with Crippen LogP contribution in [0.2, 0.25) is 0 Å². The number of rotatable bonds is 9. The fourth-order valence-electron chi connectivity index (χ4n) is 3.79. The molecule has 4 aromatic rings. The average Bonchev–Trinajstić information content (AvgIpc) is 3.36. The minimum atomic E-state index is -0.195. The van der Waals surface area contributed by atoms with E-state index in [2.05, 4.69) is 57.7 Å². The zero-order valence-corrected chi connectivity index (χ0v) is 17.6. The van der Waals surface area contributed by atoms with Gasteiger partial charge in [-0.25, -0.2) is 4.98 Å². The van der Waals surface area contributed by atoms with Gasteiger partial charge in [0.2, 0.25) is 0 Å². The number of benzene rings is 3. The molecule has 0 saturated carbocycles. The minimum Gasteiger partial charge on any atom is -0.372 e. The molecule has 0 radical (unpaired) electrons. The highest BCUT2D eigenvalue weighted by molar-refractivity contribution is 5.92. The molecule has 5 heteroatoms. The molecule has 5 nitrogen and oxygen atoms in total. The number of H-pyrrole nitrogens is 1. The van der Waals surface area contributed by atoms with Crippen molar-refractivity contribution in [3.63, 3.8) is 0 Å². The van der Waals surface area contributed by atoms with Gasteiger partial charge in [-0.3, -0.25) is 4.79 Å². The van der Waals surface area contributed by atoms with E-state index in [0.717, 1.165) is 18.4 Å². The molecule has 4 rings (SSSR count). The molecular weight excluding hydrogens is 386 g/mol. The van der Waals surface area contributed by atoms with E-state index in [1.807, 2.05) is 37.3 Å². The molecule has 158 valence electrons. The Kier molecular flexibility index (Phi) is 6.75. The van der Waals surface area contributed by atoms with Crippen LogP contribution in [0.25, 0.3) is 10.8 Å². The topological polar surface area (TPSA) is 67.0 Å². The van der Waals surface area contributed by atoms with Gasteiger partial charge in [-0.05, 0) is 41.7 Å². The quantitative estimate of drug-likeness (QED) is 0.410. The first-order chi connectivity index (χ1) is 15.2. The van der Waals surface area contributed by atoms with Crippen molar-refractivity contribution >= 4 is 16.7 Å². The van der Waals surface area contributed by atoms with Crippen molar-refractivity contribution in [2.45, 2.75) is 38.5 Å². The number of hydrogen-bond donors (Lipinski definition) is 2. The molecule has 2 atom stereocenters. The summed E-state index contributed by atoms with van der Waals surface area (Å²) in [4.78, 5) is 19.6. The zero-order chi connectivity index (χ0) is 21.5. The predicted molar refractivity (Wildman–Crippen MR) is 123 cm³/mol. The number of nitrogens with zero attached hydrogens (tertiary/aromatic N) is 1. The SMILES string of the molecule is C[C@H](OCc1ccccc1)C(CCc1cccc2ccccc12)NC(=O)c1c[nH]cn1. The van der Waals surface area contributed by atoms with Crippen molar-refractivity contribution in [2.75, 3.05) is 0 Å². The Labute approximate surface area is 182 Å². The molecule has 1 amide bonds. The van der Waals surface area contributed by atoms with Crippen LogP contribution in [0.3, 0.4) is 0 Å². The van der Waals surface area contributed by atoms with Crippen LogP contribution in [0.1, 0.15) is 35.0 Å². The number of aromatic nitrogens is 2. The lowest BCUT2D eigenvalue weighted by Gasteiger charge is -2.25. The van der Waals surface area contributed by atoms with Crippen LogP contribution in [0.4, 0.5) is 0 Å². The summed E-state index contributed by atoms with van der Waals surface area (Å²) >= 11 is 0. The van der Waals surface area contributed by atoms with Crippen LogP contribution >= 0.6 is 0 Å². The van der Waals surface area contributed by atoms with Gasteiger partial charge in [0.15, 0.2) is 0 Å². The van der Waals surface area contributed by atoms with Crippen molar-refractivity contribution in [1.29, 1.82) is 0 Å². The van der Waals surface area contributed by atoms with Gasteiger partial charge in [-0.1, -0.05) is 72.8 Å². The van der Waals surface area contributed by atoms with Gasteiger partial charge in [0, 0.05) is 6.20 Å². The molecule has 0 fully saturated rings. The molecule has 0 aliphatic carbocycles. The van der Waals surface area contributed by atoms with E-state index in [1.54, 1.807) is 6.20 Å². The van der Waals surface area contributed by atoms with Gasteiger partial charge < -0.3 is 15.0 Å². The number of aryl methyl sites for hydroxylation is 1. The standard InChI is InChI=1S/C26H27N3O2/c1-19(31-17-20-8-3-2-4-9-20)24(29-26(30)25-16-27-18-28-25)15-14-22-12-7-11-21-10-5-6-13-23(21)22/h2-13,16,18-19,24H,14-15,17H2,1H3,(H,27,28)(H,29,30)/t19-,24?/m0/s1. The fourth-order valence-corrected chi connectivity index (χ4v) is 3.79. The van der Waals surface area contributed by atoms with Crippen molar-refractivity contribution in [3.8, 4) is 0 Å². The number of carbonyl (C=O) groups is 1. The normalized spacial score (nSPS) is 13.1. The minimum absolute atomic E-state index is 0.146. The summed E-state index contributed by atoms with van der Waals surface area (Å²) in [5.74, 6) is -0.195. The second-order valence-electron chi connectivity index (χ2n) is 7.71. The Morgan fingerprint density at radius 1 is 1.03 bits per heavy atom. The fraction of sp³-hybridized carbons (Fsp3) is 0.231. The van der Waals surface area contributed by atoms with Gasteiger partial charge in [0.25, 0.3) is 5.91 Å². The van der Waals surface area contributed by atoms with Crippen LogP contribution < -0.4 is 5.32 Å². The van der Waals surface area contributed by atoms with Gasteiger partial charge in [-0.2, -0.15) is 0 Å². The van der Waals surface area contributed by atoms with E-state index in [0.29, 0.717) is 12.3 Å². The van der Waals surface area contributed by atoms with E-state index in [4.69, 9.17) is 4.74 Å². The third kappa shape index (κ3) is 5.38. The highest BCUT2D eigenvalue weighted by atomic mass is 16.5. The number of ether oxygens (including phenoxy) is 1. The van der Waals surface area contributed by atoms with E-state index >= 15 is 0 Å². The Hall–Kier alpha value is -3.44. The number of aromatic amines is 1. The van der Waals surface area contributed by atoms with Crippen LogP contribution in [0, 0.1) is 0 Å². The van der Waals surface area contributed by atoms with Gasteiger partial charge >= 0.3 is 0 Å². The maximum absolute atomic E-state index is 12.7. The van der Waals surface area contributed by atoms with Crippen molar-refractivity contribution in [1.82, 2.24) is 15.3 Å². The van der Waals surface area contributed by atoms with E-state index in [1.165, 1.54) is 22.7 Å². The first-order valence-corrected chi connectivity index (χ1v) is 10.6. The first kappa shape index (κ1) is 20.8. The summed E-state index contributed by atoms with van der Waals surface area (Å²) in [6.45, 7) is 2.52. The molecule has 0 aliphatic heterocycles. The molecule has 0 spiro atoms. The number of fused-ring (bicyclic) bond motifs is 1. The summed E-state index contributed by atoms with van der Waals surface area (Å²) in [7, 11) is 0. The number of nitrogens with one attached hydrogen (secondary N) is 2. The van der Waals surface area contributed by atoms with Crippen LogP contribution in [0.5, 0.6) is 0 Å². The number of carbonyl (C=O) groups excluding carboxylic acids is 1. The summed E-state index contributed by atoms with van der Waals surface area (Å²) in [6, 6.07) is 24.7. The maximum atomic E-state index is 12.7. The Bertz CT molecular complexity index is 1100. The second kappa shape index (κ2) is 10.0. The molecule has 3 aromatic carbocycles. The number of imidazole rings is 1. The third-order valence-electron chi connectivity index (χ3n) is 5.57. The average molecular weight is 414 g/mol. The lowest BCUT2D eigenvalue weighted by Crippen LogP contribution is -2.43. The smallest absolute Gasteiger partial charge is 0.271 e. The summed E-state index contributed by atoms with van der Waals surface area (Å²) in [5.41, 5.74) is 2.76. The third-order valence-corrected chi connectivity index (χ3v) is 5.57. The molecule has 31 heavy (non-hydrogen) atoms.